The molecule has 9 nitrogen and oxygen atoms in total. The van der Waals surface area contributed by atoms with Crippen molar-refractivity contribution in [1.82, 2.24) is 4.31 Å². The van der Waals surface area contributed by atoms with Crippen LogP contribution < -0.4 is 9.88 Å². The lowest BCUT2D eigenvalue weighted by atomic mass is 10.0. The van der Waals surface area contributed by atoms with Gasteiger partial charge in [-0.2, -0.15) is 4.31 Å². The molecule has 0 fully saturated rings. The molecule has 0 spiro atoms. The van der Waals surface area contributed by atoms with Crippen LogP contribution >= 0.6 is 0 Å². The van der Waals surface area contributed by atoms with E-state index in [1.54, 1.807) is 6.07 Å². The van der Waals surface area contributed by atoms with Gasteiger partial charge in [0.25, 0.3) is 0 Å². The average molecular weight is 440 g/mol. The van der Waals surface area contributed by atoms with Gasteiger partial charge in [0.2, 0.25) is 20.0 Å². The van der Waals surface area contributed by atoms with Gasteiger partial charge in [-0.15, -0.1) is 0 Å². The minimum atomic E-state index is -4.00. The van der Waals surface area contributed by atoms with Crippen molar-refractivity contribution < 1.29 is 31.1 Å². The number of methoxy groups -OCH3 is 2. The minimum Gasteiger partial charge on any atom is -0.495 e. The Kier molecular flexibility index (Phi) is 5.68. The third-order valence-corrected chi connectivity index (χ3v) is 7.52. The number of ether oxygens (including phenoxy) is 2. The summed E-state index contributed by atoms with van der Waals surface area (Å²) >= 11 is 0. The Balaban J connectivity index is 2.02. The summed E-state index contributed by atoms with van der Waals surface area (Å²) in [6.07, 6.45) is 0.279. The van der Waals surface area contributed by atoms with Gasteiger partial charge in [0, 0.05) is 13.1 Å². The first-order chi connectivity index (χ1) is 13.6. The Morgan fingerprint density at radius 3 is 2.34 bits per heavy atom. The number of nitrogens with zero attached hydrogens (tertiary/aromatic N) is 1. The fourth-order valence-electron chi connectivity index (χ4n) is 3.23. The Hall–Kier alpha value is -2.47. The molecule has 2 aromatic rings. The second kappa shape index (κ2) is 7.75. The second-order valence-electron chi connectivity index (χ2n) is 6.39. The highest BCUT2D eigenvalue weighted by atomic mass is 32.2. The predicted molar refractivity (Wildman–Crippen MR) is 103 cm³/mol. The number of sulfonamides is 2. The minimum absolute atomic E-state index is 0.00552. The van der Waals surface area contributed by atoms with Crippen LogP contribution in [0.1, 0.15) is 21.5 Å². The molecular weight excluding hydrogens is 420 g/mol. The molecule has 1 aliphatic rings. The van der Waals surface area contributed by atoms with E-state index in [0.29, 0.717) is 11.1 Å². The summed E-state index contributed by atoms with van der Waals surface area (Å²) in [4.78, 5) is 11.7. The number of hydrogen-bond acceptors (Lipinski definition) is 7. The maximum absolute atomic E-state index is 13.2. The number of carbonyl (C=O) groups is 1. The molecule has 3 rings (SSSR count). The van der Waals surface area contributed by atoms with Crippen molar-refractivity contribution in [1.29, 1.82) is 0 Å². The van der Waals surface area contributed by atoms with Crippen molar-refractivity contribution in [2.24, 2.45) is 5.14 Å². The highest BCUT2D eigenvalue weighted by Crippen LogP contribution is 2.32. The van der Waals surface area contributed by atoms with Crippen molar-refractivity contribution in [2.75, 3.05) is 20.8 Å². The smallest absolute Gasteiger partial charge is 0.339 e. The molecule has 0 saturated heterocycles. The number of hydrogen-bond donors (Lipinski definition) is 1. The zero-order chi connectivity index (χ0) is 21.4. The molecule has 2 aromatic carbocycles. The van der Waals surface area contributed by atoms with Crippen LogP contribution in [0.5, 0.6) is 5.75 Å². The Morgan fingerprint density at radius 2 is 1.72 bits per heavy atom. The first kappa shape index (κ1) is 21.2. The van der Waals surface area contributed by atoms with Gasteiger partial charge in [0.05, 0.1) is 24.7 Å². The fourth-order valence-corrected chi connectivity index (χ4v) is 5.56. The first-order valence-corrected chi connectivity index (χ1v) is 11.5. The van der Waals surface area contributed by atoms with Crippen molar-refractivity contribution in [2.45, 2.75) is 22.8 Å². The monoisotopic (exact) mass is 440 g/mol. The van der Waals surface area contributed by atoms with E-state index in [-0.39, 0.29) is 40.6 Å². The van der Waals surface area contributed by atoms with E-state index >= 15 is 0 Å². The van der Waals surface area contributed by atoms with Crippen molar-refractivity contribution >= 4 is 26.0 Å². The molecule has 2 N–H and O–H groups in total. The number of nitrogens with two attached hydrogens (primary N) is 1. The van der Waals surface area contributed by atoms with Gasteiger partial charge in [0.1, 0.15) is 10.6 Å². The van der Waals surface area contributed by atoms with E-state index in [1.807, 2.05) is 0 Å². The summed E-state index contributed by atoms with van der Waals surface area (Å²) < 4.78 is 61.0. The van der Waals surface area contributed by atoms with Crippen LogP contribution in [0.25, 0.3) is 0 Å². The second-order valence-corrected chi connectivity index (χ2v) is 9.83. The van der Waals surface area contributed by atoms with E-state index in [4.69, 9.17) is 9.88 Å². The highest BCUT2D eigenvalue weighted by molar-refractivity contribution is 7.89. The van der Waals surface area contributed by atoms with E-state index in [2.05, 4.69) is 4.74 Å². The number of esters is 1. The average Bonchev–Trinajstić information content (AvgIpc) is 2.70. The molecule has 0 aromatic heterocycles. The molecule has 0 atom stereocenters. The van der Waals surface area contributed by atoms with Gasteiger partial charge in [-0.3, -0.25) is 0 Å². The SMILES string of the molecule is COC(=O)c1ccccc1S(=O)(=O)N1CCc2cc(S(N)(=O)=O)c(OC)cc2C1. The van der Waals surface area contributed by atoms with Gasteiger partial charge < -0.3 is 9.47 Å². The maximum Gasteiger partial charge on any atom is 0.339 e. The van der Waals surface area contributed by atoms with Gasteiger partial charge in [-0.1, -0.05) is 12.1 Å². The van der Waals surface area contributed by atoms with E-state index in [9.17, 15) is 21.6 Å². The number of carbonyl (C=O) groups excluding carboxylic acids is 1. The molecule has 0 unspecified atom stereocenters. The van der Waals surface area contributed by atoms with Gasteiger partial charge in [-0.25, -0.2) is 26.8 Å². The summed E-state index contributed by atoms with van der Waals surface area (Å²) in [5.74, 6) is -0.707. The lowest BCUT2D eigenvalue weighted by Gasteiger charge is -2.29. The summed E-state index contributed by atoms with van der Waals surface area (Å²) in [6, 6.07) is 8.70. The third-order valence-electron chi connectivity index (χ3n) is 4.68. The maximum atomic E-state index is 13.2. The van der Waals surface area contributed by atoms with Crippen LogP contribution in [0.15, 0.2) is 46.2 Å². The molecule has 0 bridgehead atoms. The fraction of sp³-hybridized carbons (Fsp3) is 0.278. The number of benzene rings is 2. The lowest BCUT2D eigenvalue weighted by molar-refractivity contribution is 0.0596. The molecular formula is C18H20N2O7S2. The normalized spacial score (nSPS) is 14.9. The quantitative estimate of drug-likeness (QED) is 0.682. The third kappa shape index (κ3) is 3.99. The van der Waals surface area contributed by atoms with E-state index in [1.165, 1.54) is 48.9 Å². The summed E-state index contributed by atoms with van der Waals surface area (Å²) in [5.41, 5.74) is 1.21. The number of rotatable bonds is 5. The van der Waals surface area contributed by atoms with Crippen molar-refractivity contribution in [3.05, 3.63) is 53.1 Å². The van der Waals surface area contributed by atoms with Crippen molar-refractivity contribution in [3.63, 3.8) is 0 Å². The van der Waals surface area contributed by atoms with E-state index < -0.39 is 26.0 Å². The molecule has 0 radical (unpaired) electrons. The predicted octanol–water partition coefficient (Wildman–Crippen LogP) is 0.876. The van der Waals surface area contributed by atoms with Crippen LogP contribution in [0.2, 0.25) is 0 Å². The molecule has 11 heteroatoms. The zero-order valence-corrected chi connectivity index (χ0v) is 17.4. The lowest BCUT2D eigenvalue weighted by Crippen LogP contribution is -2.37. The van der Waals surface area contributed by atoms with Crippen LogP contribution in [0.4, 0.5) is 0 Å². The standard InChI is InChI=1S/C18H20N2O7S2/c1-26-15-9-13-11-20(8-7-12(13)10-17(15)28(19,22)23)29(24,25)16-6-4-3-5-14(16)18(21)27-2/h3-6,9-10H,7-8,11H2,1-2H3,(H2,19,22,23). The first-order valence-electron chi connectivity index (χ1n) is 8.49. The van der Waals surface area contributed by atoms with Crippen LogP contribution in [-0.2, 0) is 37.7 Å². The molecule has 156 valence electrons. The topological polar surface area (TPSA) is 133 Å². The van der Waals surface area contributed by atoms with Crippen LogP contribution in [0.3, 0.4) is 0 Å². The summed E-state index contributed by atoms with van der Waals surface area (Å²) in [6.45, 7) is 0.107. The summed E-state index contributed by atoms with van der Waals surface area (Å²) in [5, 5.41) is 5.24. The largest absolute Gasteiger partial charge is 0.495 e. The van der Waals surface area contributed by atoms with E-state index in [0.717, 1.165) is 0 Å². The highest BCUT2D eigenvalue weighted by Gasteiger charge is 2.33. The van der Waals surface area contributed by atoms with Crippen molar-refractivity contribution in [3.8, 4) is 5.75 Å². The molecule has 1 aliphatic heterocycles. The number of fused-ring (bicyclic) bond motifs is 1. The molecule has 0 aliphatic carbocycles. The van der Waals surface area contributed by atoms with Crippen LogP contribution in [0, 0.1) is 0 Å². The van der Waals surface area contributed by atoms with Gasteiger partial charge in [0.15, 0.2) is 0 Å². The van der Waals surface area contributed by atoms with Gasteiger partial charge in [-0.05, 0) is 41.8 Å². The summed E-state index contributed by atoms with van der Waals surface area (Å²) in [7, 11) is -5.51. The molecule has 0 amide bonds. The van der Waals surface area contributed by atoms with Gasteiger partial charge >= 0.3 is 5.97 Å². The zero-order valence-electron chi connectivity index (χ0n) is 15.8. The molecule has 29 heavy (non-hydrogen) atoms. The van der Waals surface area contributed by atoms with Crippen LogP contribution in [-0.4, -0.2) is 47.9 Å². The Labute approximate surface area is 169 Å². The number of primary sulfonamides is 1. The Morgan fingerprint density at radius 1 is 1.03 bits per heavy atom. The molecule has 1 heterocycles. The molecule has 0 saturated carbocycles. The Bertz CT molecular complexity index is 1170.